The molecule has 0 spiro atoms. The summed E-state index contributed by atoms with van der Waals surface area (Å²) < 4.78 is 11.0. The molecule has 2 amide bonds. The van der Waals surface area contributed by atoms with E-state index in [2.05, 4.69) is 5.32 Å². The van der Waals surface area contributed by atoms with Crippen LogP contribution in [0.5, 0.6) is 0 Å². The van der Waals surface area contributed by atoms with Crippen molar-refractivity contribution >= 4 is 23.4 Å². The first-order valence-electron chi connectivity index (χ1n) is 9.75. The van der Waals surface area contributed by atoms with Gasteiger partial charge in [0.1, 0.15) is 30.5 Å². The average Bonchev–Trinajstić information content (AvgIpc) is 3.55. The molecule has 3 aliphatic rings. The number of nitrogens with one attached hydrogen (secondary N) is 1. The van der Waals surface area contributed by atoms with Crippen molar-refractivity contribution in [2.45, 2.75) is 42.9 Å². The lowest BCUT2D eigenvalue weighted by molar-refractivity contribution is -0.231. The van der Waals surface area contributed by atoms with E-state index in [9.17, 15) is 30.0 Å². The van der Waals surface area contributed by atoms with Gasteiger partial charge in [-0.05, 0) is 12.1 Å². The number of aliphatic hydroxyl groups is 3. The second kappa shape index (κ2) is 7.29. The molecule has 162 valence electrons. The van der Waals surface area contributed by atoms with Gasteiger partial charge < -0.3 is 35.2 Å². The van der Waals surface area contributed by atoms with Crippen LogP contribution in [-0.4, -0.2) is 63.1 Å². The minimum Gasteiger partial charge on any atom is -0.479 e. The summed E-state index contributed by atoms with van der Waals surface area (Å²) in [6.07, 6.45) is -9.15. The van der Waals surface area contributed by atoms with Crippen molar-refractivity contribution in [1.29, 1.82) is 0 Å². The van der Waals surface area contributed by atoms with Gasteiger partial charge in [-0.3, -0.25) is 4.90 Å². The van der Waals surface area contributed by atoms with Crippen LogP contribution >= 0.6 is 0 Å². The molecule has 10 heteroatoms. The maximum absolute atomic E-state index is 13.4. The Morgan fingerprint density at radius 3 is 1.90 bits per heavy atom. The number of fused-ring (bicyclic) bond motifs is 5. The van der Waals surface area contributed by atoms with Crippen LogP contribution in [0.3, 0.4) is 0 Å². The number of anilines is 2. The smallest absolute Gasteiger partial charge is 0.335 e. The number of carboxylic acids is 1. The molecule has 5 N–H and O–H groups in total. The summed E-state index contributed by atoms with van der Waals surface area (Å²) in [6, 6.07) is 13.8. The molecule has 31 heavy (non-hydrogen) atoms. The van der Waals surface area contributed by atoms with Crippen molar-refractivity contribution < 1.29 is 39.5 Å². The van der Waals surface area contributed by atoms with Crippen LogP contribution in [0.4, 0.5) is 16.2 Å². The van der Waals surface area contributed by atoms with Crippen LogP contribution in [0.25, 0.3) is 0 Å². The summed E-state index contributed by atoms with van der Waals surface area (Å²) in [6.45, 7) is 0. The highest BCUT2D eigenvalue weighted by molar-refractivity contribution is 6.02. The van der Waals surface area contributed by atoms with Crippen molar-refractivity contribution in [3.8, 4) is 0 Å². The molecule has 0 bridgehead atoms. The lowest BCUT2D eigenvalue weighted by Gasteiger charge is -2.39. The fourth-order valence-electron chi connectivity index (χ4n) is 4.19. The van der Waals surface area contributed by atoms with Gasteiger partial charge in [0, 0.05) is 11.1 Å². The number of amides is 2. The Morgan fingerprint density at radius 2 is 1.35 bits per heavy atom. The number of ether oxygens (including phenoxy) is 2. The molecule has 10 nitrogen and oxygen atoms in total. The molecule has 0 aliphatic carbocycles. The molecular weight excluding hydrogens is 408 g/mol. The van der Waals surface area contributed by atoms with Crippen LogP contribution in [0.2, 0.25) is 0 Å². The van der Waals surface area contributed by atoms with Crippen LogP contribution < -0.4 is 10.2 Å². The third kappa shape index (κ3) is 3.16. The number of aliphatic carboxylic acids is 1. The zero-order chi connectivity index (χ0) is 21.9. The summed E-state index contributed by atoms with van der Waals surface area (Å²) in [4.78, 5) is 26.1. The van der Waals surface area contributed by atoms with E-state index in [1.165, 1.54) is 4.90 Å². The number of benzene rings is 2. The summed E-state index contributed by atoms with van der Waals surface area (Å²) in [5, 5.41) is 41.8. The highest BCUT2D eigenvalue weighted by Crippen LogP contribution is 2.58. The summed E-state index contributed by atoms with van der Waals surface area (Å²) in [5.74, 6) is -1.53. The molecule has 2 saturated heterocycles. The number of urea groups is 1. The van der Waals surface area contributed by atoms with E-state index in [0.717, 1.165) is 11.1 Å². The van der Waals surface area contributed by atoms with Gasteiger partial charge in [-0.2, -0.15) is 0 Å². The number of epoxide rings is 1. The number of hydrogen-bond donors (Lipinski definition) is 5. The minimum atomic E-state index is -1.84. The summed E-state index contributed by atoms with van der Waals surface area (Å²) in [7, 11) is 0. The van der Waals surface area contributed by atoms with Crippen molar-refractivity contribution in [2.75, 3.05) is 4.90 Å². The average molecular weight is 428 g/mol. The molecule has 2 aromatic carbocycles. The van der Waals surface area contributed by atoms with E-state index >= 15 is 0 Å². The van der Waals surface area contributed by atoms with Gasteiger partial charge >= 0.3 is 12.0 Å². The fraction of sp³-hybridized carbons (Fsp3) is 0.333. The lowest BCUT2D eigenvalue weighted by atomic mass is 9.98. The second-order valence-electron chi connectivity index (χ2n) is 7.67. The van der Waals surface area contributed by atoms with Gasteiger partial charge in [0.15, 0.2) is 12.3 Å². The zero-order valence-corrected chi connectivity index (χ0v) is 16.0. The van der Waals surface area contributed by atoms with Crippen LogP contribution in [0.15, 0.2) is 48.5 Å². The topological polar surface area (TPSA) is 152 Å². The molecule has 2 aromatic rings. The van der Waals surface area contributed by atoms with Crippen LogP contribution in [0.1, 0.15) is 23.3 Å². The predicted octanol–water partition coefficient (Wildman–Crippen LogP) is 0.552. The molecular formula is C21H20N2O8. The number of hydrogen-bond acceptors (Lipinski definition) is 7. The van der Waals surface area contributed by atoms with Crippen LogP contribution in [-0.2, 0) is 14.3 Å². The van der Waals surface area contributed by atoms with E-state index in [4.69, 9.17) is 9.47 Å². The first kappa shape index (κ1) is 19.9. The van der Waals surface area contributed by atoms with Crippen LogP contribution in [0, 0.1) is 0 Å². The molecule has 0 unspecified atom stereocenters. The zero-order valence-electron chi connectivity index (χ0n) is 16.0. The SMILES string of the molecule is O=C(O)[C@H]1O[C@@H](NC(=O)N2c3ccccc3[C@H]3O[C@H]3c3ccccc32)[C@H](O)[C@@H](O)[C@@H]1O. The largest absolute Gasteiger partial charge is 0.479 e. The fourth-order valence-corrected chi connectivity index (χ4v) is 4.19. The second-order valence-corrected chi connectivity index (χ2v) is 7.67. The van der Waals surface area contributed by atoms with Gasteiger partial charge in [0.25, 0.3) is 0 Å². The molecule has 5 rings (SSSR count). The quantitative estimate of drug-likeness (QED) is 0.435. The van der Waals surface area contributed by atoms with Crippen molar-refractivity contribution in [2.24, 2.45) is 0 Å². The maximum Gasteiger partial charge on any atom is 0.335 e. The van der Waals surface area contributed by atoms with Gasteiger partial charge in [0.05, 0.1) is 11.4 Å². The Hall–Kier alpha value is -3.02. The minimum absolute atomic E-state index is 0.194. The standard InChI is InChI=1S/C21H20N2O8/c24-13-14(25)18(20(27)28)31-19(15(13)26)22-21(29)23-11-7-3-1-5-9(11)16-17(30-16)10-6-2-4-8-12(10)23/h1-8,13-19,24-26H,(H,22,29)(H,27,28)/t13-,14-,15+,16-,17+,18-,19+/m0/s1. The first-order valence-corrected chi connectivity index (χ1v) is 9.75. The van der Waals surface area contributed by atoms with E-state index in [1.807, 2.05) is 24.3 Å². The maximum atomic E-state index is 13.4. The predicted molar refractivity (Wildman–Crippen MR) is 104 cm³/mol. The van der Waals surface area contributed by atoms with Gasteiger partial charge in [0.2, 0.25) is 0 Å². The highest BCUT2D eigenvalue weighted by atomic mass is 16.6. The van der Waals surface area contributed by atoms with Gasteiger partial charge in [-0.1, -0.05) is 36.4 Å². The van der Waals surface area contributed by atoms with Crippen molar-refractivity contribution in [1.82, 2.24) is 5.32 Å². The van der Waals surface area contributed by atoms with Crippen molar-refractivity contribution in [3.05, 3.63) is 59.7 Å². The number of carboxylic acid groups (broad SMARTS) is 1. The molecule has 0 radical (unpaired) electrons. The number of carbonyl (C=O) groups is 2. The number of carbonyl (C=O) groups excluding carboxylic acids is 1. The van der Waals surface area contributed by atoms with E-state index < -0.39 is 42.6 Å². The Balaban J connectivity index is 1.50. The number of para-hydroxylation sites is 2. The lowest BCUT2D eigenvalue weighted by Crippen LogP contribution is -2.64. The number of rotatable bonds is 2. The first-order chi connectivity index (χ1) is 14.9. The third-order valence-electron chi connectivity index (χ3n) is 5.79. The molecule has 0 aromatic heterocycles. The molecule has 0 saturated carbocycles. The Kier molecular flexibility index (Phi) is 4.68. The monoisotopic (exact) mass is 428 g/mol. The molecule has 2 fully saturated rings. The van der Waals surface area contributed by atoms with Gasteiger partial charge in [-0.25, -0.2) is 9.59 Å². The Morgan fingerprint density at radius 1 is 0.806 bits per heavy atom. The van der Waals surface area contributed by atoms with E-state index in [1.54, 1.807) is 24.3 Å². The Bertz CT molecular complexity index is 994. The van der Waals surface area contributed by atoms with E-state index in [-0.39, 0.29) is 12.2 Å². The molecule has 7 atom stereocenters. The molecule has 3 aliphatic heterocycles. The van der Waals surface area contributed by atoms with Crippen molar-refractivity contribution in [3.63, 3.8) is 0 Å². The Labute approximate surface area is 176 Å². The highest BCUT2D eigenvalue weighted by Gasteiger charge is 2.50. The van der Waals surface area contributed by atoms with E-state index in [0.29, 0.717) is 11.4 Å². The third-order valence-corrected chi connectivity index (χ3v) is 5.79. The summed E-state index contributed by atoms with van der Waals surface area (Å²) in [5.41, 5.74) is 2.75. The van der Waals surface area contributed by atoms with Gasteiger partial charge in [-0.15, -0.1) is 0 Å². The normalized spacial score (nSPS) is 33.4. The number of aliphatic hydroxyl groups excluding tert-OH is 3. The summed E-state index contributed by atoms with van der Waals surface area (Å²) >= 11 is 0. The number of nitrogens with zero attached hydrogens (tertiary/aromatic N) is 1. The molecule has 3 heterocycles.